The van der Waals surface area contributed by atoms with Gasteiger partial charge in [-0.1, -0.05) is 200 Å². The average molecular weight is 754 g/mol. The highest BCUT2D eigenvalue weighted by atomic mass is 16.6. The van der Waals surface area contributed by atoms with Crippen molar-refractivity contribution >= 4 is 17.9 Å². The van der Waals surface area contributed by atoms with E-state index in [1.165, 1.54) is 167 Å². The molecule has 0 bridgehead atoms. The smallest absolute Gasteiger partial charge is 0.409 e. The van der Waals surface area contributed by atoms with Crippen molar-refractivity contribution in [3.63, 3.8) is 0 Å². The Balaban J connectivity index is 4.17. The zero-order chi connectivity index (χ0) is 38.7. The number of ether oxygens (including phenoxy) is 3. The van der Waals surface area contributed by atoms with Crippen LogP contribution >= 0.6 is 0 Å². The summed E-state index contributed by atoms with van der Waals surface area (Å²) >= 11 is 0. The number of unbranched alkanes of at least 4 members (excludes halogenated alkanes) is 29. The van der Waals surface area contributed by atoms with Gasteiger partial charge in [-0.2, -0.15) is 0 Å². The number of amides is 3. The Morgan fingerprint density at radius 1 is 0.491 bits per heavy atom. The van der Waals surface area contributed by atoms with E-state index >= 15 is 0 Å². The third-order valence-electron chi connectivity index (χ3n) is 10.1. The predicted molar refractivity (Wildman–Crippen MR) is 221 cm³/mol. The molecular weight excluding hydrogens is 666 g/mol. The first kappa shape index (κ1) is 51.1. The first-order valence-corrected chi connectivity index (χ1v) is 22.6. The summed E-state index contributed by atoms with van der Waals surface area (Å²) in [7, 11) is 1.57. The fourth-order valence-electron chi connectivity index (χ4n) is 6.65. The number of alkyl carbamates (subject to hydrolysis) is 1. The molecule has 1 unspecified atom stereocenters. The van der Waals surface area contributed by atoms with Crippen LogP contribution in [0.2, 0.25) is 0 Å². The van der Waals surface area contributed by atoms with Crippen LogP contribution in [0.25, 0.3) is 0 Å². The van der Waals surface area contributed by atoms with Crippen LogP contribution in [-0.2, 0) is 23.8 Å². The van der Waals surface area contributed by atoms with E-state index in [1.807, 2.05) is 0 Å². The molecule has 0 fully saturated rings. The molecule has 0 rings (SSSR count). The standard InChI is InChI=1S/C44H87N3O6/c1-4-6-8-10-12-14-16-18-20-22-24-26-28-30-32-34-36-45-43(49)41(39-53-44(50)46-40-52-38-37-51-3)47-42(48)35-33-31-29-27-25-23-21-19-17-15-13-11-9-7-5-2/h41H,4-40H2,1-3H3,(H,45,49)(H,46,50)(H,47,48). The molecule has 9 heteroatoms. The third-order valence-corrected chi connectivity index (χ3v) is 10.1. The minimum absolute atomic E-state index is 0.0239. The van der Waals surface area contributed by atoms with Gasteiger partial charge in [0, 0.05) is 20.1 Å². The molecule has 314 valence electrons. The highest BCUT2D eigenvalue weighted by Gasteiger charge is 2.22. The maximum Gasteiger partial charge on any atom is 0.409 e. The quantitative estimate of drug-likeness (QED) is 0.0422. The lowest BCUT2D eigenvalue weighted by molar-refractivity contribution is -0.130. The van der Waals surface area contributed by atoms with Crippen molar-refractivity contribution < 1.29 is 28.6 Å². The Morgan fingerprint density at radius 3 is 1.30 bits per heavy atom. The normalized spacial score (nSPS) is 11.8. The van der Waals surface area contributed by atoms with E-state index in [1.54, 1.807) is 7.11 Å². The second kappa shape index (κ2) is 42.9. The van der Waals surface area contributed by atoms with Crippen LogP contribution in [0, 0.1) is 0 Å². The summed E-state index contributed by atoms with van der Waals surface area (Å²) in [5.74, 6) is -0.505. The van der Waals surface area contributed by atoms with Gasteiger partial charge in [0.2, 0.25) is 11.8 Å². The summed E-state index contributed by atoms with van der Waals surface area (Å²) in [5.41, 5.74) is 0. The monoisotopic (exact) mass is 754 g/mol. The molecule has 0 aromatic rings. The molecule has 0 heterocycles. The van der Waals surface area contributed by atoms with Crippen molar-refractivity contribution in [3.8, 4) is 0 Å². The van der Waals surface area contributed by atoms with Gasteiger partial charge in [0.05, 0.1) is 13.2 Å². The fourth-order valence-corrected chi connectivity index (χ4v) is 6.65. The molecule has 0 aliphatic carbocycles. The number of carbonyl (C=O) groups is 3. The largest absolute Gasteiger partial charge is 0.447 e. The Labute approximate surface area is 327 Å². The van der Waals surface area contributed by atoms with Crippen molar-refractivity contribution in [3.05, 3.63) is 0 Å². The predicted octanol–water partition coefficient (Wildman–Crippen LogP) is 11.5. The van der Waals surface area contributed by atoms with Crippen molar-refractivity contribution in [2.75, 3.05) is 40.2 Å². The molecule has 0 saturated carbocycles. The molecule has 3 N–H and O–H groups in total. The summed E-state index contributed by atoms with van der Waals surface area (Å²) in [6.45, 7) is 5.59. The third kappa shape index (κ3) is 39.6. The second-order valence-corrected chi connectivity index (χ2v) is 15.2. The van der Waals surface area contributed by atoms with Crippen molar-refractivity contribution in [2.24, 2.45) is 0 Å². The van der Waals surface area contributed by atoms with Gasteiger partial charge in [0.25, 0.3) is 0 Å². The number of rotatable bonds is 42. The summed E-state index contributed by atoms with van der Waals surface area (Å²) in [6.07, 6.45) is 39.5. The average Bonchev–Trinajstić information content (AvgIpc) is 3.15. The van der Waals surface area contributed by atoms with Crippen molar-refractivity contribution in [1.82, 2.24) is 16.0 Å². The number of hydrogen-bond donors (Lipinski definition) is 3. The van der Waals surface area contributed by atoms with Crippen LogP contribution in [0.3, 0.4) is 0 Å². The maximum atomic E-state index is 13.0. The topological polar surface area (TPSA) is 115 Å². The molecule has 0 aromatic carbocycles. The number of methoxy groups -OCH3 is 1. The SMILES string of the molecule is CCCCCCCCCCCCCCCCCCNC(=O)C(COC(=O)NCOCCOC)NC(=O)CCCCCCCCCCCCCCCCC. The van der Waals surface area contributed by atoms with Crippen LogP contribution in [0.15, 0.2) is 0 Å². The van der Waals surface area contributed by atoms with Gasteiger partial charge in [-0.05, 0) is 12.8 Å². The zero-order valence-electron chi connectivity index (χ0n) is 35.2. The number of hydrogen-bond acceptors (Lipinski definition) is 6. The first-order valence-electron chi connectivity index (χ1n) is 22.6. The molecule has 53 heavy (non-hydrogen) atoms. The molecule has 0 saturated heterocycles. The summed E-state index contributed by atoms with van der Waals surface area (Å²) in [5, 5.41) is 8.25. The Morgan fingerprint density at radius 2 is 0.887 bits per heavy atom. The molecule has 0 aromatic heterocycles. The Hall–Kier alpha value is -1.87. The van der Waals surface area contributed by atoms with Crippen LogP contribution in [0.4, 0.5) is 4.79 Å². The molecule has 0 spiro atoms. The van der Waals surface area contributed by atoms with E-state index in [0.29, 0.717) is 26.2 Å². The highest BCUT2D eigenvalue weighted by molar-refractivity contribution is 5.88. The molecule has 0 aliphatic heterocycles. The minimum atomic E-state index is -0.931. The number of carbonyl (C=O) groups excluding carboxylic acids is 3. The van der Waals surface area contributed by atoms with Gasteiger partial charge in [-0.25, -0.2) is 4.79 Å². The number of nitrogens with one attached hydrogen (secondary N) is 3. The van der Waals surface area contributed by atoms with E-state index < -0.39 is 12.1 Å². The van der Waals surface area contributed by atoms with Gasteiger partial charge >= 0.3 is 6.09 Å². The van der Waals surface area contributed by atoms with E-state index in [9.17, 15) is 14.4 Å². The van der Waals surface area contributed by atoms with Crippen molar-refractivity contribution in [2.45, 2.75) is 225 Å². The Bertz CT molecular complexity index is 799. The van der Waals surface area contributed by atoms with Crippen molar-refractivity contribution in [1.29, 1.82) is 0 Å². The van der Waals surface area contributed by atoms with Gasteiger partial charge in [-0.15, -0.1) is 0 Å². The maximum absolute atomic E-state index is 13.0. The van der Waals surface area contributed by atoms with Crippen LogP contribution in [0.5, 0.6) is 0 Å². The summed E-state index contributed by atoms with van der Waals surface area (Å²) < 4.78 is 15.4. The van der Waals surface area contributed by atoms with E-state index in [2.05, 4.69) is 29.8 Å². The lowest BCUT2D eigenvalue weighted by Gasteiger charge is -2.19. The summed E-state index contributed by atoms with van der Waals surface area (Å²) in [6, 6.07) is -0.931. The second-order valence-electron chi connectivity index (χ2n) is 15.2. The molecule has 1 atom stereocenters. The van der Waals surface area contributed by atoms with E-state index in [4.69, 9.17) is 14.2 Å². The molecular formula is C44H87N3O6. The van der Waals surface area contributed by atoms with Crippen LogP contribution in [0.1, 0.15) is 219 Å². The molecule has 0 radical (unpaired) electrons. The highest BCUT2D eigenvalue weighted by Crippen LogP contribution is 2.15. The zero-order valence-corrected chi connectivity index (χ0v) is 35.2. The molecule has 0 aliphatic rings. The lowest BCUT2D eigenvalue weighted by Crippen LogP contribution is -2.50. The molecule has 9 nitrogen and oxygen atoms in total. The van der Waals surface area contributed by atoms with Gasteiger partial charge in [-0.3, -0.25) is 14.9 Å². The van der Waals surface area contributed by atoms with Gasteiger partial charge in [0.1, 0.15) is 19.4 Å². The van der Waals surface area contributed by atoms with Gasteiger partial charge in [0.15, 0.2) is 0 Å². The van der Waals surface area contributed by atoms with E-state index in [-0.39, 0.29) is 25.2 Å². The molecule has 3 amide bonds. The van der Waals surface area contributed by atoms with Crippen LogP contribution in [-0.4, -0.2) is 64.2 Å². The Kier molecular flexibility index (Phi) is 41.4. The lowest BCUT2D eigenvalue weighted by atomic mass is 10.0. The minimum Gasteiger partial charge on any atom is -0.447 e. The first-order chi connectivity index (χ1) is 26.0. The van der Waals surface area contributed by atoms with Crippen LogP contribution < -0.4 is 16.0 Å². The van der Waals surface area contributed by atoms with E-state index in [0.717, 1.165) is 32.1 Å². The van der Waals surface area contributed by atoms with Gasteiger partial charge < -0.3 is 24.8 Å². The summed E-state index contributed by atoms with van der Waals surface area (Å²) in [4.78, 5) is 37.9. The fraction of sp³-hybridized carbons (Fsp3) is 0.932.